The van der Waals surface area contributed by atoms with Crippen molar-refractivity contribution in [3.8, 4) is 0 Å². The summed E-state index contributed by atoms with van der Waals surface area (Å²) in [6, 6.07) is 0. The highest BCUT2D eigenvalue weighted by molar-refractivity contribution is 7.99. The van der Waals surface area contributed by atoms with Crippen LogP contribution in [0.5, 0.6) is 0 Å². The Morgan fingerprint density at radius 1 is 1.10 bits per heavy atom. The van der Waals surface area contributed by atoms with Crippen molar-refractivity contribution >= 4 is 50.6 Å². The minimum absolute atomic E-state index is 0.191. The maximum Gasteiger partial charge on any atom is 0.260 e. The molecule has 0 aromatic carbocycles. The molecule has 4 aromatic rings. The fourth-order valence-electron chi connectivity index (χ4n) is 4.69. The van der Waals surface area contributed by atoms with E-state index in [4.69, 9.17) is 4.98 Å². The zero-order chi connectivity index (χ0) is 20.2. The second-order valence-electron chi connectivity index (χ2n) is 8.13. The average Bonchev–Trinajstić information content (AvgIpc) is 3.46. The fourth-order valence-corrected chi connectivity index (χ4v) is 6.96. The molecule has 1 amide bonds. The number of carbonyl (C=O) groups excluding carboxylic acids is 1. The molecule has 5 heterocycles. The number of piperidine rings is 1. The first-order valence-corrected chi connectivity index (χ1v) is 12.5. The highest BCUT2D eigenvalue weighted by Gasteiger charge is 2.26. The maximum atomic E-state index is 12.7. The van der Waals surface area contributed by atoms with Gasteiger partial charge in [-0.15, -0.1) is 26.6 Å². The van der Waals surface area contributed by atoms with Crippen LogP contribution >= 0.6 is 23.1 Å². The molecule has 8 nitrogen and oxygen atoms in total. The molecule has 1 fully saturated rings. The van der Waals surface area contributed by atoms with Crippen molar-refractivity contribution in [2.24, 2.45) is 0 Å². The summed E-state index contributed by atoms with van der Waals surface area (Å²) in [6.45, 7) is 3.67. The molecule has 0 saturated carbocycles. The number of thiophene rings is 1. The van der Waals surface area contributed by atoms with E-state index in [0.29, 0.717) is 11.5 Å². The molecule has 30 heavy (non-hydrogen) atoms. The molecule has 0 atom stereocenters. The van der Waals surface area contributed by atoms with Gasteiger partial charge in [0.2, 0.25) is 5.91 Å². The number of amides is 1. The highest BCUT2D eigenvalue weighted by atomic mass is 32.2. The van der Waals surface area contributed by atoms with Crippen LogP contribution in [0.4, 0.5) is 0 Å². The largest absolute Gasteiger partial charge is 0.342 e. The number of likely N-dealkylation sites (tertiary alicyclic amines) is 1. The SMILES string of the molecule is Cc1nc2c3c4c(sc3n3c(SCC(=O)N5CCCCC5)nnc3n2n1)CCCC4. The van der Waals surface area contributed by atoms with E-state index in [2.05, 4.69) is 19.7 Å². The number of carbonyl (C=O) groups is 1. The molecule has 0 unspecified atom stereocenters. The number of aromatic nitrogens is 6. The third-order valence-corrected chi connectivity index (χ3v) is 8.32. The van der Waals surface area contributed by atoms with E-state index in [1.807, 2.05) is 27.7 Å². The number of thioether (sulfide) groups is 1. The Labute approximate surface area is 181 Å². The Morgan fingerprint density at radius 3 is 2.80 bits per heavy atom. The molecule has 0 radical (unpaired) electrons. The van der Waals surface area contributed by atoms with Crippen LogP contribution in [0.3, 0.4) is 0 Å². The fraction of sp³-hybridized carbons (Fsp3) is 0.550. The van der Waals surface area contributed by atoms with Gasteiger partial charge in [0.25, 0.3) is 5.78 Å². The second-order valence-corrected chi connectivity index (χ2v) is 10.2. The summed E-state index contributed by atoms with van der Waals surface area (Å²) in [5, 5.41) is 15.4. The quantitative estimate of drug-likeness (QED) is 0.454. The van der Waals surface area contributed by atoms with Crippen LogP contribution in [0, 0.1) is 6.92 Å². The van der Waals surface area contributed by atoms with Gasteiger partial charge in [0.05, 0.1) is 11.1 Å². The number of aryl methyl sites for hydroxylation is 3. The van der Waals surface area contributed by atoms with E-state index >= 15 is 0 Å². The predicted molar refractivity (Wildman–Crippen MR) is 117 cm³/mol. The summed E-state index contributed by atoms with van der Waals surface area (Å²) in [5.74, 6) is 1.99. The lowest BCUT2D eigenvalue weighted by molar-refractivity contribution is -0.129. The minimum Gasteiger partial charge on any atom is -0.342 e. The van der Waals surface area contributed by atoms with Crippen LogP contribution in [0.25, 0.3) is 21.6 Å². The molecular formula is C20H23N7OS2. The molecule has 1 aliphatic heterocycles. The molecule has 156 valence electrons. The highest BCUT2D eigenvalue weighted by Crippen LogP contribution is 2.39. The molecule has 0 bridgehead atoms. The number of nitrogens with zero attached hydrogens (tertiary/aromatic N) is 7. The van der Waals surface area contributed by atoms with Crippen molar-refractivity contribution in [1.29, 1.82) is 0 Å². The van der Waals surface area contributed by atoms with E-state index < -0.39 is 0 Å². The smallest absolute Gasteiger partial charge is 0.260 e. The van der Waals surface area contributed by atoms with Gasteiger partial charge in [-0.25, -0.2) is 9.38 Å². The lowest BCUT2D eigenvalue weighted by Crippen LogP contribution is -2.36. The van der Waals surface area contributed by atoms with Gasteiger partial charge in [0.15, 0.2) is 10.8 Å². The van der Waals surface area contributed by atoms with Gasteiger partial charge in [0.1, 0.15) is 10.7 Å². The van der Waals surface area contributed by atoms with Crippen LogP contribution in [0.15, 0.2) is 5.16 Å². The van der Waals surface area contributed by atoms with Crippen molar-refractivity contribution in [2.45, 2.75) is 57.0 Å². The van der Waals surface area contributed by atoms with Crippen molar-refractivity contribution in [1.82, 2.24) is 34.1 Å². The molecule has 6 rings (SSSR count). The van der Waals surface area contributed by atoms with Crippen molar-refractivity contribution < 1.29 is 4.79 Å². The second kappa shape index (κ2) is 7.19. The Hall–Kier alpha value is -2.20. The van der Waals surface area contributed by atoms with Gasteiger partial charge in [-0.05, 0) is 57.4 Å². The van der Waals surface area contributed by atoms with E-state index in [1.54, 1.807) is 0 Å². The molecule has 1 saturated heterocycles. The molecular weight excluding hydrogens is 418 g/mol. The number of fused-ring (bicyclic) bond motifs is 8. The van der Waals surface area contributed by atoms with E-state index in [-0.39, 0.29) is 5.91 Å². The van der Waals surface area contributed by atoms with Crippen LogP contribution in [0.1, 0.15) is 48.4 Å². The summed E-state index contributed by atoms with van der Waals surface area (Å²) >= 11 is 3.31. The van der Waals surface area contributed by atoms with E-state index in [0.717, 1.165) is 60.2 Å². The van der Waals surface area contributed by atoms with Crippen molar-refractivity contribution in [3.05, 3.63) is 16.3 Å². The topological polar surface area (TPSA) is 80.7 Å². The van der Waals surface area contributed by atoms with Crippen molar-refractivity contribution in [3.63, 3.8) is 0 Å². The average molecular weight is 442 g/mol. The number of hydrogen-bond donors (Lipinski definition) is 0. The molecule has 2 aliphatic rings. The lowest BCUT2D eigenvalue weighted by atomic mass is 9.97. The van der Waals surface area contributed by atoms with Gasteiger partial charge in [-0.2, -0.15) is 4.52 Å². The number of hydrogen-bond acceptors (Lipinski definition) is 7. The normalized spacial score (nSPS) is 17.3. The summed E-state index contributed by atoms with van der Waals surface area (Å²) in [6.07, 6.45) is 8.09. The minimum atomic E-state index is 0.191. The van der Waals surface area contributed by atoms with Gasteiger partial charge in [0, 0.05) is 18.0 Å². The monoisotopic (exact) mass is 441 g/mol. The molecule has 0 N–H and O–H groups in total. The van der Waals surface area contributed by atoms with Crippen molar-refractivity contribution in [2.75, 3.05) is 18.8 Å². The maximum absolute atomic E-state index is 12.7. The van der Waals surface area contributed by atoms with E-state index in [1.165, 1.54) is 46.9 Å². The Balaban J connectivity index is 1.47. The summed E-state index contributed by atoms with van der Waals surface area (Å²) in [7, 11) is 0. The zero-order valence-electron chi connectivity index (χ0n) is 16.9. The van der Waals surface area contributed by atoms with Gasteiger partial charge >= 0.3 is 0 Å². The third kappa shape index (κ3) is 2.84. The predicted octanol–water partition coefficient (Wildman–Crippen LogP) is 3.28. The Kier molecular flexibility index (Phi) is 4.45. The first-order chi connectivity index (χ1) is 14.7. The third-order valence-electron chi connectivity index (χ3n) is 6.13. The van der Waals surface area contributed by atoms with Crippen LogP contribution in [-0.4, -0.2) is 58.8 Å². The molecule has 1 aliphatic carbocycles. The zero-order valence-corrected chi connectivity index (χ0v) is 18.6. The summed E-state index contributed by atoms with van der Waals surface area (Å²) in [5.41, 5.74) is 2.29. The van der Waals surface area contributed by atoms with Gasteiger partial charge < -0.3 is 4.90 Å². The van der Waals surface area contributed by atoms with Crippen LogP contribution in [-0.2, 0) is 17.6 Å². The number of rotatable bonds is 3. The van der Waals surface area contributed by atoms with Crippen LogP contribution < -0.4 is 0 Å². The first-order valence-electron chi connectivity index (χ1n) is 10.7. The molecule has 10 heteroatoms. The van der Waals surface area contributed by atoms with Crippen LogP contribution in [0.2, 0.25) is 0 Å². The van der Waals surface area contributed by atoms with Gasteiger partial charge in [-0.1, -0.05) is 11.8 Å². The summed E-state index contributed by atoms with van der Waals surface area (Å²) < 4.78 is 3.91. The lowest BCUT2D eigenvalue weighted by Gasteiger charge is -2.26. The Morgan fingerprint density at radius 2 is 1.93 bits per heavy atom. The Bertz CT molecular complexity index is 1280. The van der Waals surface area contributed by atoms with E-state index in [9.17, 15) is 4.79 Å². The molecule has 4 aromatic heterocycles. The summed E-state index contributed by atoms with van der Waals surface area (Å²) in [4.78, 5) is 22.0. The molecule has 0 spiro atoms. The standard InChI is InChI=1S/C20H23N7OS2/c1-12-21-17-16-13-7-3-4-8-14(13)30-18(16)26-19(27(17)24-12)22-23-20(26)29-11-15(28)25-9-5-2-6-10-25/h2-11H2,1H3. The first kappa shape index (κ1) is 18.6. The van der Waals surface area contributed by atoms with Gasteiger partial charge in [-0.3, -0.25) is 4.79 Å².